The third-order valence-electron chi connectivity index (χ3n) is 4.00. The molecule has 3 aromatic rings. The molecule has 1 atom stereocenters. The van der Waals surface area contributed by atoms with Gasteiger partial charge in [-0.25, -0.2) is 0 Å². The molecule has 0 bridgehead atoms. The highest BCUT2D eigenvalue weighted by Crippen LogP contribution is 2.27. The second-order valence-electron chi connectivity index (χ2n) is 6.22. The first-order chi connectivity index (χ1) is 14.0. The Labute approximate surface area is 172 Å². The number of thioether (sulfide) groups is 1. The van der Waals surface area contributed by atoms with Gasteiger partial charge in [0.25, 0.3) is 5.22 Å². The molecule has 0 aliphatic carbocycles. The van der Waals surface area contributed by atoms with E-state index >= 15 is 0 Å². The van der Waals surface area contributed by atoms with E-state index in [-0.39, 0.29) is 11.7 Å². The third kappa shape index (κ3) is 5.45. The molecule has 1 amide bonds. The van der Waals surface area contributed by atoms with Crippen LogP contribution in [0.3, 0.4) is 0 Å². The highest BCUT2D eigenvalue weighted by molar-refractivity contribution is 8.00. The smallest absolute Gasteiger partial charge is 0.277 e. The van der Waals surface area contributed by atoms with E-state index in [0.717, 1.165) is 23.1 Å². The summed E-state index contributed by atoms with van der Waals surface area (Å²) in [7, 11) is 0. The highest BCUT2D eigenvalue weighted by Gasteiger charge is 2.19. The van der Waals surface area contributed by atoms with E-state index in [0.29, 0.717) is 29.0 Å². The van der Waals surface area contributed by atoms with Gasteiger partial charge in [0.15, 0.2) is 5.78 Å². The van der Waals surface area contributed by atoms with Crippen LogP contribution in [0, 0.1) is 0 Å². The number of amides is 1. The number of ketones is 1. The van der Waals surface area contributed by atoms with Gasteiger partial charge in [-0.05, 0) is 57.2 Å². The quantitative estimate of drug-likeness (QED) is 0.432. The Bertz CT molecular complexity index is 1000. The summed E-state index contributed by atoms with van der Waals surface area (Å²) >= 11 is 1.16. The minimum absolute atomic E-state index is 0.0591. The molecule has 0 aliphatic rings. The number of hydrogen-bond acceptors (Lipinski definition) is 7. The van der Waals surface area contributed by atoms with Gasteiger partial charge in [0, 0.05) is 16.8 Å². The molecular weight excluding hydrogens is 390 g/mol. The van der Waals surface area contributed by atoms with Gasteiger partial charge in [-0.3, -0.25) is 9.59 Å². The number of carbonyl (C=O) groups is 2. The molecule has 0 radical (unpaired) electrons. The van der Waals surface area contributed by atoms with Crippen LogP contribution in [0.1, 0.15) is 31.1 Å². The minimum atomic E-state index is -0.468. The molecule has 2 aromatic carbocycles. The van der Waals surface area contributed by atoms with Crippen molar-refractivity contribution in [2.24, 2.45) is 0 Å². The van der Waals surface area contributed by atoms with Crippen LogP contribution in [0.4, 0.5) is 5.69 Å². The van der Waals surface area contributed by atoms with Gasteiger partial charge in [0.05, 0.1) is 11.9 Å². The lowest BCUT2D eigenvalue weighted by Gasteiger charge is -2.10. The molecule has 1 aromatic heterocycles. The zero-order chi connectivity index (χ0) is 20.8. The lowest BCUT2D eigenvalue weighted by Crippen LogP contribution is -2.22. The number of nitrogens with one attached hydrogen (secondary N) is 1. The second kappa shape index (κ2) is 9.38. The Kier molecular flexibility index (Phi) is 6.66. The van der Waals surface area contributed by atoms with Gasteiger partial charge in [-0.15, -0.1) is 10.2 Å². The molecule has 29 heavy (non-hydrogen) atoms. The second-order valence-corrected chi connectivity index (χ2v) is 7.51. The number of nitrogens with zero attached hydrogens (tertiary/aromatic N) is 2. The van der Waals surface area contributed by atoms with Crippen molar-refractivity contribution in [2.75, 3.05) is 11.9 Å². The molecule has 7 nitrogen and oxygen atoms in total. The number of hydrogen-bond donors (Lipinski definition) is 1. The first-order valence-corrected chi connectivity index (χ1v) is 9.99. The Morgan fingerprint density at radius 2 is 1.93 bits per heavy atom. The monoisotopic (exact) mass is 411 g/mol. The zero-order valence-corrected chi connectivity index (χ0v) is 17.2. The van der Waals surface area contributed by atoms with Crippen molar-refractivity contribution in [2.45, 2.75) is 31.2 Å². The molecule has 0 saturated carbocycles. The van der Waals surface area contributed by atoms with E-state index in [1.54, 1.807) is 31.2 Å². The van der Waals surface area contributed by atoms with Crippen LogP contribution in [0.2, 0.25) is 0 Å². The molecule has 0 spiro atoms. The molecule has 1 N–H and O–H groups in total. The van der Waals surface area contributed by atoms with E-state index in [2.05, 4.69) is 15.5 Å². The summed E-state index contributed by atoms with van der Waals surface area (Å²) in [6, 6.07) is 14.2. The number of Topliss-reactive ketones (excluding diaryl/α,β-unsaturated/α-hetero) is 1. The van der Waals surface area contributed by atoms with Crippen molar-refractivity contribution >= 4 is 29.1 Å². The maximum atomic E-state index is 12.5. The molecule has 150 valence electrons. The number of benzene rings is 2. The van der Waals surface area contributed by atoms with Crippen molar-refractivity contribution in [1.82, 2.24) is 10.2 Å². The van der Waals surface area contributed by atoms with Crippen molar-refractivity contribution < 1.29 is 18.7 Å². The summed E-state index contributed by atoms with van der Waals surface area (Å²) < 4.78 is 11.1. The molecule has 0 unspecified atom stereocenters. The first-order valence-electron chi connectivity index (χ1n) is 9.11. The number of carbonyl (C=O) groups excluding carboxylic acids is 2. The molecule has 0 fully saturated rings. The SMILES string of the molecule is CCOc1ccc(-c2nnc(S[C@H](C)C(=O)Nc3cccc(C(C)=O)c3)o2)cc1. The Morgan fingerprint density at radius 1 is 1.17 bits per heavy atom. The van der Waals surface area contributed by atoms with Crippen molar-refractivity contribution in [3.05, 3.63) is 54.1 Å². The van der Waals surface area contributed by atoms with E-state index in [1.807, 2.05) is 31.2 Å². The lowest BCUT2D eigenvalue weighted by atomic mass is 10.1. The number of aromatic nitrogens is 2. The fraction of sp³-hybridized carbons (Fsp3) is 0.238. The maximum Gasteiger partial charge on any atom is 0.277 e. The van der Waals surface area contributed by atoms with E-state index in [9.17, 15) is 9.59 Å². The summed E-state index contributed by atoms with van der Waals surface area (Å²) in [6.45, 7) is 5.75. The van der Waals surface area contributed by atoms with E-state index < -0.39 is 5.25 Å². The third-order valence-corrected chi connectivity index (χ3v) is 4.94. The minimum Gasteiger partial charge on any atom is -0.494 e. The van der Waals surface area contributed by atoms with Crippen LogP contribution >= 0.6 is 11.8 Å². The van der Waals surface area contributed by atoms with Gasteiger partial charge in [0.2, 0.25) is 11.8 Å². The lowest BCUT2D eigenvalue weighted by molar-refractivity contribution is -0.115. The van der Waals surface area contributed by atoms with Gasteiger partial charge in [0.1, 0.15) is 5.75 Å². The zero-order valence-electron chi connectivity index (χ0n) is 16.3. The van der Waals surface area contributed by atoms with Gasteiger partial charge < -0.3 is 14.5 Å². The van der Waals surface area contributed by atoms with E-state index in [4.69, 9.17) is 9.15 Å². The van der Waals surface area contributed by atoms with Crippen LogP contribution in [0.25, 0.3) is 11.5 Å². The summed E-state index contributed by atoms with van der Waals surface area (Å²) in [4.78, 5) is 23.9. The van der Waals surface area contributed by atoms with Gasteiger partial charge in [-0.2, -0.15) is 0 Å². The predicted octanol–water partition coefficient (Wildman–Crippen LogP) is 4.46. The topological polar surface area (TPSA) is 94.3 Å². The standard InChI is InChI=1S/C21H21N3O4S/c1-4-27-18-10-8-15(9-11-18)20-23-24-21(28-20)29-14(3)19(26)22-17-7-5-6-16(12-17)13(2)25/h5-12,14H,4H2,1-3H3,(H,22,26)/t14-/m1/s1. The number of rotatable bonds is 8. The van der Waals surface area contributed by atoms with Crippen LogP contribution < -0.4 is 10.1 Å². The molecule has 0 aliphatic heterocycles. The summed E-state index contributed by atoms with van der Waals surface area (Å²) in [5.41, 5.74) is 1.88. The summed E-state index contributed by atoms with van der Waals surface area (Å²) in [5.74, 6) is 0.856. The van der Waals surface area contributed by atoms with Gasteiger partial charge >= 0.3 is 0 Å². The number of anilines is 1. The van der Waals surface area contributed by atoms with Crippen LogP contribution in [0.5, 0.6) is 5.75 Å². The molecule has 3 rings (SSSR count). The van der Waals surface area contributed by atoms with Crippen molar-refractivity contribution in [3.8, 4) is 17.2 Å². The van der Waals surface area contributed by atoms with Gasteiger partial charge in [-0.1, -0.05) is 23.9 Å². The Hall–Kier alpha value is -3.13. The average molecular weight is 411 g/mol. The Morgan fingerprint density at radius 3 is 2.62 bits per heavy atom. The fourth-order valence-electron chi connectivity index (χ4n) is 2.50. The van der Waals surface area contributed by atoms with Crippen LogP contribution in [-0.4, -0.2) is 33.7 Å². The number of ether oxygens (including phenoxy) is 1. The predicted molar refractivity (Wildman–Crippen MR) is 111 cm³/mol. The summed E-state index contributed by atoms with van der Waals surface area (Å²) in [6.07, 6.45) is 0. The van der Waals surface area contributed by atoms with Crippen molar-refractivity contribution in [3.63, 3.8) is 0 Å². The van der Waals surface area contributed by atoms with Crippen LogP contribution in [0.15, 0.2) is 58.2 Å². The van der Waals surface area contributed by atoms with Crippen LogP contribution in [-0.2, 0) is 4.79 Å². The molecular formula is C21H21N3O4S. The molecule has 8 heteroatoms. The largest absolute Gasteiger partial charge is 0.494 e. The van der Waals surface area contributed by atoms with Crippen molar-refractivity contribution in [1.29, 1.82) is 0 Å². The normalized spacial score (nSPS) is 11.7. The molecule has 1 heterocycles. The Balaban J connectivity index is 1.62. The molecule has 0 saturated heterocycles. The summed E-state index contributed by atoms with van der Waals surface area (Å²) in [5, 5.41) is 10.7. The first kappa shape index (κ1) is 20.6. The highest BCUT2D eigenvalue weighted by atomic mass is 32.2. The maximum absolute atomic E-state index is 12.5. The van der Waals surface area contributed by atoms with E-state index in [1.165, 1.54) is 6.92 Å². The fourth-order valence-corrected chi connectivity index (χ4v) is 3.18. The average Bonchev–Trinajstić information content (AvgIpc) is 3.17.